The molecule has 0 aliphatic rings. The van der Waals surface area contributed by atoms with E-state index in [2.05, 4.69) is 50.2 Å². The van der Waals surface area contributed by atoms with Crippen LogP contribution in [0.2, 0.25) is 0 Å². The van der Waals surface area contributed by atoms with E-state index >= 15 is 0 Å². The van der Waals surface area contributed by atoms with E-state index in [1.54, 1.807) is 0 Å². The lowest BCUT2D eigenvalue weighted by Crippen LogP contribution is -1.80. The first-order valence-electron chi connectivity index (χ1n) is 4.09. The molecule has 2 aromatic carbocycles. The minimum absolute atomic E-state index is 1.11. The molecule has 59 valence electrons. The number of fused-ring (bicyclic) bond motifs is 1. The molecule has 0 heterocycles. The summed E-state index contributed by atoms with van der Waals surface area (Å²) < 4.78 is 0. The van der Waals surface area contributed by atoms with Crippen LogP contribution in [0.5, 0.6) is 0 Å². The van der Waals surface area contributed by atoms with Crippen LogP contribution in [0.3, 0.4) is 0 Å². The maximum absolute atomic E-state index is 3.99. The fraction of sp³-hybridized carbons (Fsp3) is 0.0833. The molecule has 0 bridgehead atoms. The van der Waals surface area contributed by atoms with Gasteiger partial charge in [-0.2, -0.15) is 0 Å². The van der Waals surface area contributed by atoms with Gasteiger partial charge in [-0.05, 0) is 35.7 Å². The van der Waals surface area contributed by atoms with Crippen LogP contribution in [0.1, 0.15) is 11.1 Å². The summed E-state index contributed by atoms with van der Waals surface area (Å²) in [6, 6.07) is 12.6. The van der Waals surface area contributed by atoms with Crippen LogP contribution in [-0.2, 0) is 0 Å². The zero-order valence-electron chi connectivity index (χ0n) is 7.17. The first-order chi connectivity index (χ1) is 5.79. The van der Waals surface area contributed by atoms with Crippen molar-refractivity contribution in [3.8, 4) is 0 Å². The molecule has 0 N–H and O–H groups in total. The van der Waals surface area contributed by atoms with Crippen LogP contribution in [0.15, 0.2) is 36.4 Å². The van der Waals surface area contributed by atoms with E-state index in [0.29, 0.717) is 0 Å². The van der Waals surface area contributed by atoms with Crippen LogP contribution in [0.25, 0.3) is 10.8 Å². The Morgan fingerprint density at radius 1 is 0.917 bits per heavy atom. The first-order valence-corrected chi connectivity index (χ1v) is 4.09. The molecule has 0 spiro atoms. The average Bonchev–Trinajstić information content (AvgIpc) is 2.12. The van der Waals surface area contributed by atoms with E-state index in [0.717, 1.165) is 5.56 Å². The molecule has 12 heavy (non-hydrogen) atoms. The van der Waals surface area contributed by atoms with Gasteiger partial charge in [0.1, 0.15) is 0 Å². The van der Waals surface area contributed by atoms with Gasteiger partial charge >= 0.3 is 0 Å². The minimum atomic E-state index is 1.11. The van der Waals surface area contributed by atoms with Gasteiger partial charge in [-0.15, -0.1) is 0 Å². The van der Waals surface area contributed by atoms with Crippen LogP contribution in [0, 0.1) is 13.8 Å². The molecule has 0 aromatic heterocycles. The van der Waals surface area contributed by atoms with Crippen molar-refractivity contribution < 1.29 is 0 Å². The first kappa shape index (κ1) is 7.35. The predicted molar refractivity (Wildman–Crippen MR) is 53.1 cm³/mol. The normalized spacial score (nSPS) is 10.5. The summed E-state index contributed by atoms with van der Waals surface area (Å²) in [6.45, 7) is 6.12. The maximum Gasteiger partial charge on any atom is -0.0149 e. The molecule has 2 aromatic rings. The maximum atomic E-state index is 3.99. The van der Waals surface area contributed by atoms with Crippen molar-refractivity contribution in [3.63, 3.8) is 0 Å². The van der Waals surface area contributed by atoms with Gasteiger partial charge in [0.15, 0.2) is 0 Å². The second-order valence-electron chi connectivity index (χ2n) is 3.09. The van der Waals surface area contributed by atoms with Gasteiger partial charge in [-0.3, -0.25) is 0 Å². The van der Waals surface area contributed by atoms with Gasteiger partial charge in [0.25, 0.3) is 0 Å². The van der Waals surface area contributed by atoms with Gasteiger partial charge in [-0.25, -0.2) is 0 Å². The largest absolute Gasteiger partial charge is 0.0616 e. The highest BCUT2D eigenvalue weighted by atomic mass is 14.0. The number of hydrogen-bond acceptors (Lipinski definition) is 0. The van der Waals surface area contributed by atoms with Crippen molar-refractivity contribution in [1.82, 2.24) is 0 Å². The lowest BCUT2D eigenvalue weighted by atomic mass is 10.0. The molecule has 0 heteroatoms. The number of rotatable bonds is 0. The van der Waals surface area contributed by atoms with Gasteiger partial charge < -0.3 is 0 Å². The van der Waals surface area contributed by atoms with E-state index in [-0.39, 0.29) is 0 Å². The van der Waals surface area contributed by atoms with Gasteiger partial charge in [0, 0.05) is 0 Å². The highest BCUT2D eigenvalue weighted by Crippen LogP contribution is 2.20. The van der Waals surface area contributed by atoms with E-state index < -0.39 is 0 Å². The lowest BCUT2D eigenvalue weighted by Gasteiger charge is -2.03. The molecule has 0 fully saturated rings. The highest BCUT2D eigenvalue weighted by molar-refractivity contribution is 5.88. The molecule has 0 aliphatic heterocycles. The molecular formula is C12H11. The average molecular weight is 155 g/mol. The van der Waals surface area contributed by atoms with E-state index in [4.69, 9.17) is 0 Å². The monoisotopic (exact) mass is 155 g/mol. The van der Waals surface area contributed by atoms with Gasteiger partial charge in [0.2, 0.25) is 0 Å². The summed E-state index contributed by atoms with van der Waals surface area (Å²) in [6.07, 6.45) is 0. The standard InChI is InChI=1S/C12H11/c1-9-7-8-10(2)12-6-4-3-5-11(9)12/h3-8H,1H2,2H3. The SMILES string of the molecule is [CH2]c1ccc(C)c2ccccc12. The fourth-order valence-corrected chi connectivity index (χ4v) is 1.51. The van der Waals surface area contributed by atoms with E-state index in [1.165, 1.54) is 16.3 Å². The van der Waals surface area contributed by atoms with Crippen LogP contribution in [-0.4, -0.2) is 0 Å². The minimum Gasteiger partial charge on any atom is -0.0616 e. The summed E-state index contributed by atoms with van der Waals surface area (Å²) in [7, 11) is 0. The van der Waals surface area contributed by atoms with Gasteiger partial charge in [-0.1, -0.05) is 36.4 Å². The third-order valence-corrected chi connectivity index (χ3v) is 2.23. The number of benzene rings is 2. The number of hydrogen-bond donors (Lipinski definition) is 0. The summed E-state index contributed by atoms with van der Waals surface area (Å²) in [4.78, 5) is 0. The summed E-state index contributed by atoms with van der Waals surface area (Å²) in [5.74, 6) is 0. The van der Waals surface area contributed by atoms with Crippen LogP contribution in [0.4, 0.5) is 0 Å². The zero-order chi connectivity index (χ0) is 8.55. The third-order valence-electron chi connectivity index (χ3n) is 2.23. The second kappa shape index (κ2) is 2.63. The molecule has 2 rings (SSSR count). The molecule has 0 atom stereocenters. The Balaban J connectivity index is 2.95. The Labute approximate surface area is 72.8 Å². The Hall–Kier alpha value is -1.30. The molecule has 0 aliphatic carbocycles. The summed E-state index contributed by atoms with van der Waals surface area (Å²) in [5.41, 5.74) is 2.43. The van der Waals surface area contributed by atoms with Crippen molar-refractivity contribution in [2.45, 2.75) is 6.92 Å². The molecule has 0 amide bonds. The lowest BCUT2D eigenvalue weighted by molar-refractivity contribution is 1.51. The quantitative estimate of drug-likeness (QED) is 0.547. The van der Waals surface area contributed by atoms with Crippen molar-refractivity contribution in [2.24, 2.45) is 0 Å². The molecular weight excluding hydrogens is 144 g/mol. The van der Waals surface area contributed by atoms with E-state index in [9.17, 15) is 0 Å². The third kappa shape index (κ3) is 1.00. The van der Waals surface area contributed by atoms with E-state index in [1.807, 2.05) is 0 Å². The molecule has 0 unspecified atom stereocenters. The Morgan fingerprint density at radius 3 is 2.25 bits per heavy atom. The van der Waals surface area contributed by atoms with Crippen LogP contribution < -0.4 is 0 Å². The Bertz CT molecular complexity index is 373. The zero-order valence-corrected chi connectivity index (χ0v) is 7.17. The van der Waals surface area contributed by atoms with Crippen molar-refractivity contribution >= 4 is 10.8 Å². The topological polar surface area (TPSA) is 0 Å². The Kier molecular flexibility index (Phi) is 1.61. The number of aryl methyl sites for hydroxylation is 1. The highest BCUT2D eigenvalue weighted by Gasteiger charge is 1.97. The second-order valence-corrected chi connectivity index (χ2v) is 3.09. The molecule has 0 saturated carbocycles. The van der Waals surface area contributed by atoms with Crippen molar-refractivity contribution in [3.05, 3.63) is 54.4 Å². The predicted octanol–water partition coefficient (Wildman–Crippen LogP) is 3.33. The molecule has 0 saturated heterocycles. The molecule has 1 radical (unpaired) electrons. The van der Waals surface area contributed by atoms with Crippen LogP contribution >= 0.6 is 0 Å². The Morgan fingerprint density at radius 2 is 1.58 bits per heavy atom. The summed E-state index contributed by atoms with van der Waals surface area (Å²) in [5, 5.41) is 2.57. The fourth-order valence-electron chi connectivity index (χ4n) is 1.51. The smallest absolute Gasteiger partial charge is 0.0149 e. The summed E-state index contributed by atoms with van der Waals surface area (Å²) >= 11 is 0. The van der Waals surface area contributed by atoms with Gasteiger partial charge in [0.05, 0.1) is 0 Å². The van der Waals surface area contributed by atoms with Crippen molar-refractivity contribution in [1.29, 1.82) is 0 Å². The van der Waals surface area contributed by atoms with Crippen molar-refractivity contribution in [2.75, 3.05) is 0 Å². The molecule has 0 nitrogen and oxygen atoms in total.